The van der Waals surface area contributed by atoms with E-state index in [4.69, 9.17) is 0 Å². The summed E-state index contributed by atoms with van der Waals surface area (Å²) in [7, 11) is 0. The molecule has 1 atom stereocenters. The van der Waals surface area contributed by atoms with Crippen molar-refractivity contribution in [2.45, 2.75) is 26.6 Å². The fraction of sp³-hybridized carbons (Fsp3) is 0.227. The first-order valence-electron chi connectivity index (χ1n) is 9.23. The molecule has 4 rings (SSSR count). The molecule has 2 N–H and O–H groups in total. The molecule has 1 aromatic heterocycles. The van der Waals surface area contributed by atoms with E-state index in [0.717, 1.165) is 17.3 Å². The molecule has 0 aliphatic carbocycles. The number of aromatic amines is 1. The molecule has 0 fully saturated rings. The van der Waals surface area contributed by atoms with Gasteiger partial charge in [-0.25, -0.2) is 8.78 Å². The Morgan fingerprint density at radius 3 is 2.57 bits per heavy atom. The number of hydrogen-bond donors (Lipinski definition) is 2. The van der Waals surface area contributed by atoms with E-state index in [1.165, 1.54) is 12.1 Å². The van der Waals surface area contributed by atoms with Gasteiger partial charge in [-0.05, 0) is 29.2 Å². The molecule has 1 aliphatic rings. The van der Waals surface area contributed by atoms with E-state index in [0.29, 0.717) is 23.4 Å². The summed E-state index contributed by atoms with van der Waals surface area (Å²) in [5.41, 5.74) is 2.25. The van der Waals surface area contributed by atoms with Gasteiger partial charge in [-0.1, -0.05) is 44.2 Å². The zero-order valence-electron chi connectivity index (χ0n) is 15.7. The second kappa shape index (κ2) is 7.11. The summed E-state index contributed by atoms with van der Waals surface area (Å²) in [6.07, 6.45) is 1.94. The van der Waals surface area contributed by atoms with E-state index in [1.807, 2.05) is 36.5 Å². The molecule has 28 heavy (non-hydrogen) atoms. The van der Waals surface area contributed by atoms with Crippen molar-refractivity contribution < 1.29 is 8.78 Å². The Balaban J connectivity index is 1.78. The van der Waals surface area contributed by atoms with Crippen LogP contribution in [0.1, 0.15) is 31.1 Å². The molecule has 2 heterocycles. The van der Waals surface area contributed by atoms with Crippen molar-refractivity contribution in [3.63, 3.8) is 0 Å². The number of nitrogens with zero attached hydrogens (tertiary/aromatic N) is 1. The number of pyridine rings is 1. The number of aromatic nitrogens is 1. The van der Waals surface area contributed by atoms with Crippen molar-refractivity contribution in [2.24, 2.45) is 5.92 Å². The first kappa shape index (κ1) is 18.2. The third-order valence-corrected chi connectivity index (χ3v) is 5.02. The highest BCUT2D eigenvalue weighted by Crippen LogP contribution is 2.31. The van der Waals surface area contributed by atoms with Gasteiger partial charge in [-0.3, -0.25) is 4.79 Å². The van der Waals surface area contributed by atoms with Gasteiger partial charge in [0.05, 0.1) is 5.52 Å². The summed E-state index contributed by atoms with van der Waals surface area (Å²) in [6, 6.07) is 14.0. The Bertz CT molecular complexity index is 1110. The number of fused-ring (bicyclic) bond motifs is 1. The lowest BCUT2D eigenvalue weighted by Gasteiger charge is -2.27. The minimum Gasteiger partial charge on any atom is -0.363 e. The van der Waals surface area contributed by atoms with Gasteiger partial charge in [-0.2, -0.15) is 0 Å². The van der Waals surface area contributed by atoms with Crippen LogP contribution < -0.4 is 10.9 Å². The SMILES string of the molecule is CC(C)C1=CN(Cc2cc(=O)[nH]c3c(F)c(F)ccc23)C(c2ccccc2)N1. The van der Waals surface area contributed by atoms with Crippen LogP contribution in [0.4, 0.5) is 8.78 Å². The van der Waals surface area contributed by atoms with Crippen LogP contribution in [0.25, 0.3) is 10.9 Å². The van der Waals surface area contributed by atoms with E-state index >= 15 is 0 Å². The predicted molar refractivity (Wildman–Crippen MR) is 105 cm³/mol. The smallest absolute Gasteiger partial charge is 0.248 e. The number of H-pyrrole nitrogens is 1. The van der Waals surface area contributed by atoms with Crippen molar-refractivity contribution in [3.8, 4) is 0 Å². The maximum absolute atomic E-state index is 14.2. The van der Waals surface area contributed by atoms with Crippen molar-refractivity contribution >= 4 is 10.9 Å². The number of hydrogen-bond acceptors (Lipinski definition) is 3. The minimum atomic E-state index is -1.03. The molecule has 0 radical (unpaired) electrons. The maximum Gasteiger partial charge on any atom is 0.248 e. The highest BCUT2D eigenvalue weighted by molar-refractivity contribution is 5.82. The average molecular weight is 381 g/mol. The Kier molecular flexibility index (Phi) is 4.63. The molecule has 3 aromatic rings. The van der Waals surface area contributed by atoms with Crippen LogP contribution in [0.5, 0.6) is 0 Å². The van der Waals surface area contributed by atoms with E-state index < -0.39 is 17.2 Å². The fourth-order valence-corrected chi connectivity index (χ4v) is 3.56. The van der Waals surface area contributed by atoms with Crippen molar-refractivity contribution in [1.29, 1.82) is 0 Å². The summed E-state index contributed by atoms with van der Waals surface area (Å²) in [6.45, 7) is 4.59. The van der Waals surface area contributed by atoms with Gasteiger partial charge < -0.3 is 15.2 Å². The van der Waals surface area contributed by atoms with Gasteiger partial charge in [0.1, 0.15) is 6.17 Å². The Hall–Kier alpha value is -3.15. The molecule has 1 aliphatic heterocycles. The highest BCUT2D eigenvalue weighted by Gasteiger charge is 2.27. The normalized spacial score (nSPS) is 16.5. The Morgan fingerprint density at radius 2 is 1.86 bits per heavy atom. The van der Waals surface area contributed by atoms with Gasteiger partial charge in [0.25, 0.3) is 0 Å². The summed E-state index contributed by atoms with van der Waals surface area (Å²) in [4.78, 5) is 16.6. The van der Waals surface area contributed by atoms with Crippen LogP contribution in [0, 0.1) is 17.6 Å². The summed E-state index contributed by atoms with van der Waals surface area (Å²) in [5, 5.41) is 4.02. The van der Waals surface area contributed by atoms with Gasteiger partial charge in [0.2, 0.25) is 5.56 Å². The quantitative estimate of drug-likeness (QED) is 0.704. The largest absolute Gasteiger partial charge is 0.363 e. The summed E-state index contributed by atoms with van der Waals surface area (Å²) in [5.74, 6) is -1.71. The monoisotopic (exact) mass is 381 g/mol. The third-order valence-electron chi connectivity index (χ3n) is 5.02. The maximum atomic E-state index is 14.2. The zero-order valence-corrected chi connectivity index (χ0v) is 15.7. The molecule has 0 spiro atoms. The number of allylic oxidation sites excluding steroid dienone is 1. The third kappa shape index (κ3) is 3.26. The van der Waals surface area contributed by atoms with Crippen LogP contribution in [0.15, 0.2) is 65.2 Å². The Morgan fingerprint density at radius 1 is 1.11 bits per heavy atom. The van der Waals surface area contributed by atoms with Gasteiger partial charge in [0, 0.05) is 29.9 Å². The molecule has 4 nitrogen and oxygen atoms in total. The fourth-order valence-electron chi connectivity index (χ4n) is 3.56. The van der Waals surface area contributed by atoms with E-state index in [9.17, 15) is 13.6 Å². The molecule has 6 heteroatoms. The molecular weight excluding hydrogens is 360 g/mol. The molecule has 1 unspecified atom stereocenters. The van der Waals surface area contributed by atoms with Gasteiger partial charge in [0.15, 0.2) is 11.6 Å². The molecule has 2 aromatic carbocycles. The standard InChI is InChI=1S/C22H21F2N3O/c1-13(2)18-12-27(22(25-18)14-6-4-3-5-7-14)11-15-10-19(28)26-21-16(15)8-9-17(23)20(21)24/h3-10,12-13,22,25H,11H2,1-2H3,(H,26,28). The molecule has 144 valence electrons. The van der Waals surface area contributed by atoms with Crippen LogP contribution in [-0.4, -0.2) is 9.88 Å². The first-order valence-corrected chi connectivity index (χ1v) is 9.23. The topological polar surface area (TPSA) is 48.1 Å². The second-order valence-corrected chi connectivity index (χ2v) is 7.31. The number of halogens is 2. The minimum absolute atomic E-state index is 0.0982. The van der Waals surface area contributed by atoms with Crippen LogP contribution >= 0.6 is 0 Å². The lowest BCUT2D eigenvalue weighted by molar-refractivity contribution is 0.274. The van der Waals surface area contributed by atoms with E-state index in [-0.39, 0.29) is 11.7 Å². The van der Waals surface area contributed by atoms with Gasteiger partial charge in [-0.15, -0.1) is 0 Å². The summed E-state index contributed by atoms with van der Waals surface area (Å²) >= 11 is 0. The predicted octanol–water partition coefficient (Wildman–Crippen LogP) is 4.41. The number of nitrogens with one attached hydrogen (secondary N) is 2. The van der Waals surface area contributed by atoms with E-state index in [2.05, 4.69) is 29.0 Å². The first-order chi connectivity index (χ1) is 13.4. The van der Waals surface area contributed by atoms with Crippen LogP contribution in [0.3, 0.4) is 0 Å². The van der Waals surface area contributed by atoms with Crippen molar-refractivity contribution in [1.82, 2.24) is 15.2 Å². The lowest BCUT2D eigenvalue weighted by Crippen LogP contribution is -2.28. The lowest BCUT2D eigenvalue weighted by atomic mass is 10.1. The second-order valence-electron chi connectivity index (χ2n) is 7.31. The number of benzene rings is 2. The molecule has 0 saturated heterocycles. The molecule has 0 amide bonds. The van der Waals surface area contributed by atoms with E-state index in [1.54, 1.807) is 0 Å². The van der Waals surface area contributed by atoms with Crippen molar-refractivity contribution in [3.05, 3.63) is 93.5 Å². The summed E-state index contributed by atoms with van der Waals surface area (Å²) < 4.78 is 27.8. The highest BCUT2D eigenvalue weighted by atomic mass is 19.2. The molecular formula is C22H21F2N3O. The zero-order chi connectivity index (χ0) is 19.8. The van der Waals surface area contributed by atoms with Crippen LogP contribution in [-0.2, 0) is 6.54 Å². The molecule has 0 saturated carbocycles. The van der Waals surface area contributed by atoms with Gasteiger partial charge >= 0.3 is 0 Å². The average Bonchev–Trinajstić information content (AvgIpc) is 3.10. The Labute approximate surface area is 161 Å². The van der Waals surface area contributed by atoms with Crippen LogP contribution in [0.2, 0.25) is 0 Å². The molecule has 0 bridgehead atoms. The van der Waals surface area contributed by atoms with Crippen molar-refractivity contribution in [2.75, 3.05) is 0 Å². The number of rotatable bonds is 4.